The van der Waals surface area contributed by atoms with Crippen LogP contribution in [0.4, 0.5) is 0 Å². The van der Waals surface area contributed by atoms with Gasteiger partial charge in [-0.1, -0.05) is 19.1 Å². The van der Waals surface area contributed by atoms with Gasteiger partial charge in [0.15, 0.2) is 5.78 Å². The number of phenolic OH excluding ortho intramolecular Hbond substituents is 1. The summed E-state index contributed by atoms with van der Waals surface area (Å²) in [5.41, 5.74) is 2.90. The van der Waals surface area contributed by atoms with Crippen LogP contribution in [0.5, 0.6) is 5.75 Å². The summed E-state index contributed by atoms with van der Waals surface area (Å²) in [7, 11) is 0. The van der Waals surface area contributed by atoms with Gasteiger partial charge in [0.05, 0.1) is 5.69 Å². The Balaban J connectivity index is 2.69. The Morgan fingerprint density at radius 1 is 1.28 bits per heavy atom. The standard InChI is InChI=1S/C15H15NO2/c1-3-11-12(10(2)17)8-9-16-15(11)13-6-4-5-7-14(13)18/h4-9,18H,3H2,1-2H3. The summed E-state index contributed by atoms with van der Waals surface area (Å²) in [5.74, 6) is 0.200. The fraction of sp³-hybridized carbons (Fsp3) is 0.200. The van der Waals surface area contributed by atoms with Gasteiger partial charge in [0, 0.05) is 17.3 Å². The third-order valence-corrected chi connectivity index (χ3v) is 2.95. The molecule has 2 aromatic rings. The third kappa shape index (κ3) is 2.12. The number of aromatic nitrogens is 1. The predicted octanol–water partition coefficient (Wildman–Crippen LogP) is 3.22. The van der Waals surface area contributed by atoms with E-state index < -0.39 is 0 Å². The van der Waals surface area contributed by atoms with Gasteiger partial charge in [0.1, 0.15) is 5.75 Å². The van der Waals surface area contributed by atoms with Gasteiger partial charge >= 0.3 is 0 Å². The van der Waals surface area contributed by atoms with E-state index in [0.29, 0.717) is 23.2 Å². The summed E-state index contributed by atoms with van der Waals surface area (Å²) in [4.78, 5) is 15.9. The summed E-state index contributed by atoms with van der Waals surface area (Å²) in [6.07, 6.45) is 2.31. The number of carbonyl (C=O) groups excluding carboxylic acids is 1. The van der Waals surface area contributed by atoms with Crippen molar-refractivity contribution in [3.63, 3.8) is 0 Å². The molecule has 3 heteroatoms. The quantitative estimate of drug-likeness (QED) is 0.839. The van der Waals surface area contributed by atoms with Crippen molar-refractivity contribution in [2.75, 3.05) is 0 Å². The van der Waals surface area contributed by atoms with Gasteiger partial charge in [0.2, 0.25) is 0 Å². The molecule has 0 atom stereocenters. The van der Waals surface area contributed by atoms with E-state index in [4.69, 9.17) is 0 Å². The molecule has 0 radical (unpaired) electrons. The second-order valence-electron chi connectivity index (χ2n) is 4.11. The van der Waals surface area contributed by atoms with Crippen molar-refractivity contribution < 1.29 is 9.90 Å². The number of phenols is 1. The van der Waals surface area contributed by atoms with E-state index in [-0.39, 0.29) is 11.5 Å². The molecule has 1 aromatic carbocycles. The van der Waals surface area contributed by atoms with Gasteiger partial charge in [-0.3, -0.25) is 9.78 Å². The van der Waals surface area contributed by atoms with E-state index in [2.05, 4.69) is 4.98 Å². The number of rotatable bonds is 3. The topological polar surface area (TPSA) is 50.2 Å². The summed E-state index contributed by atoms with van der Waals surface area (Å²) in [5, 5.41) is 9.89. The molecule has 2 rings (SSSR count). The van der Waals surface area contributed by atoms with E-state index in [1.807, 2.05) is 13.0 Å². The summed E-state index contributed by atoms with van der Waals surface area (Å²) >= 11 is 0. The molecule has 18 heavy (non-hydrogen) atoms. The number of benzene rings is 1. The molecule has 0 amide bonds. The fourth-order valence-corrected chi connectivity index (χ4v) is 2.09. The SMILES string of the molecule is CCc1c(C(C)=O)ccnc1-c1ccccc1O. The molecular weight excluding hydrogens is 226 g/mol. The second kappa shape index (κ2) is 5.00. The molecule has 0 aliphatic heterocycles. The molecule has 0 fully saturated rings. The van der Waals surface area contributed by atoms with Gasteiger partial charge < -0.3 is 5.11 Å². The average Bonchev–Trinajstić information content (AvgIpc) is 2.38. The van der Waals surface area contributed by atoms with Gasteiger partial charge in [-0.2, -0.15) is 0 Å². The van der Waals surface area contributed by atoms with Crippen molar-refractivity contribution in [3.8, 4) is 17.0 Å². The van der Waals surface area contributed by atoms with Crippen LogP contribution < -0.4 is 0 Å². The molecule has 1 aromatic heterocycles. The third-order valence-electron chi connectivity index (χ3n) is 2.95. The predicted molar refractivity (Wildman–Crippen MR) is 70.7 cm³/mol. The number of nitrogens with zero attached hydrogens (tertiary/aromatic N) is 1. The second-order valence-corrected chi connectivity index (χ2v) is 4.11. The van der Waals surface area contributed by atoms with E-state index in [9.17, 15) is 9.90 Å². The minimum absolute atomic E-state index is 0.0194. The molecular formula is C15H15NO2. The zero-order valence-electron chi connectivity index (χ0n) is 10.5. The number of Topliss-reactive ketones (excluding diaryl/α,β-unsaturated/α-hetero) is 1. The minimum Gasteiger partial charge on any atom is -0.507 e. The van der Waals surface area contributed by atoms with Gasteiger partial charge in [-0.25, -0.2) is 0 Å². The average molecular weight is 241 g/mol. The van der Waals surface area contributed by atoms with Crippen LogP contribution >= 0.6 is 0 Å². The van der Waals surface area contributed by atoms with Crippen molar-refractivity contribution in [1.29, 1.82) is 0 Å². The number of carbonyl (C=O) groups is 1. The first kappa shape index (κ1) is 12.3. The number of para-hydroxylation sites is 1. The Morgan fingerprint density at radius 3 is 2.61 bits per heavy atom. The molecule has 0 saturated carbocycles. The Morgan fingerprint density at radius 2 is 2.00 bits per heavy atom. The maximum absolute atomic E-state index is 11.6. The normalized spacial score (nSPS) is 10.3. The molecule has 0 aliphatic rings. The highest BCUT2D eigenvalue weighted by molar-refractivity contribution is 5.97. The minimum atomic E-state index is 0.0194. The van der Waals surface area contributed by atoms with Crippen LogP contribution in [-0.4, -0.2) is 15.9 Å². The van der Waals surface area contributed by atoms with Crippen LogP contribution in [-0.2, 0) is 6.42 Å². The van der Waals surface area contributed by atoms with Crippen LogP contribution in [0.15, 0.2) is 36.5 Å². The number of aromatic hydroxyl groups is 1. The lowest BCUT2D eigenvalue weighted by molar-refractivity contribution is 0.101. The first-order valence-corrected chi connectivity index (χ1v) is 5.92. The van der Waals surface area contributed by atoms with Crippen molar-refractivity contribution >= 4 is 5.78 Å². The van der Waals surface area contributed by atoms with Crippen molar-refractivity contribution in [2.24, 2.45) is 0 Å². The van der Waals surface area contributed by atoms with E-state index in [0.717, 1.165) is 5.56 Å². The highest BCUT2D eigenvalue weighted by Crippen LogP contribution is 2.31. The summed E-state index contributed by atoms with van der Waals surface area (Å²) in [6, 6.07) is 8.76. The maximum Gasteiger partial charge on any atom is 0.160 e. The summed E-state index contributed by atoms with van der Waals surface area (Å²) in [6.45, 7) is 3.52. The zero-order chi connectivity index (χ0) is 13.1. The molecule has 0 bridgehead atoms. The van der Waals surface area contributed by atoms with Crippen molar-refractivity contribution in [2.45, 2.75) is 20.3 Å². The van der Waals surface area contributed by atoms with Gasteiger partial charge in [-0.15, -0.1) is 0 Å². The molecule has 0 spiro atoms. The molecule has 0 saturated heterocycles. The lowest BCUT2D eigenvalue weighted by atomic mass is 9.97. The van der Waals surface area contributed by atoms with Crippen LogP contribution in [0.3, 0.4) is 0 Å². The highest BCUT2D eigenvalue weighted by Gasteiger charge is 2.14. The van der Waals surface area contributed by atoms with E-state index in [1.165, 1.54) is 0 Å². The lowest BCUT2D eigenvalue weighted by Crippen LogP contribution is -2.02. The molecule has 1 heterocycles. The molecule has 0 aliphatic carbocycles. The lowest BCUT2D eigenvalue weighted by Gasteiger charge is -2.11. The van der Waals surface area contributed by atoms with E-state index in [1.54, 1.807) is 37.4 Å². The molecule has 3 nitrogen and oxygen atoms in total. The fourth-order valence-electron chi connectivity index (χ4n) is 2.09. The Hall–Kier alpha value is -2.16. The molecule has 0 unspecified atom stereocenters. The Kier molecular flexibility index (Phi) is 3.42. The number of pyridine rings is 1. The van der Waals surface area contributed by atoms with Gasteiger partial charge in [-0.05, 0) is 37.1 Å². The molecule has 1 N–H and O–H groups in total. The smallest absolute Gasteiger partial charge is 0.160 e. The largest absolute Gasteiger partial charge is 0.507 e. The first-order chi connectivity index (χ1) is 8.65. The Labute approximate surface area is 106 Å². The monoisotopic (exact) mass is 241 g/mol. The van der Waals surface area contributed by atoms with Crippen LogP contribution in [0, 0.1) is 0 Å². The Bertz CT molecular complexity index is 591. The molecule has 92 valence electrons. The van der Waals surface area contributed by atoms with Crippen molar-refractivity contribution in [3.05, 3.63) is 47.7 Å². The first-order valence-electron chi connectivity index (χ1n) is 5.92. The van der Waals surface area contributed by atoms with Crippen LogP contribution in [0.2, 0.25) is 0 Å². The van der Waals surface area contributed by atoms with Crippen LogP contribution in [0.25, 0.3) is 11.3 Å². The number of hydrogen-bond donors (Lipinski definition) is 1. The summed E-state index contributed by atoms with van der Waals surface area (Å²) < 4.78 is 0. The van der Waals surface area contributed by atoms with Crippen molar-refractivity contribution in [1.82, 2.24) is 4.98 Å². The zero-order valence-corrected chi connectivity index (χ0v) is 10.5. The highest BCUT2D eigenvalue weighted by atomic mass is 16.3. The maximum atomic E-state index is 11.6. The number of ketones is 1. The van der Waals surface area contributed by atoms with Gasteiger partial charge in [0.25, 0.3) is 0 Å². The number of hydrogen-bond acceptors (Lipinski definition) is 3. The van der Waals surface area contributed by atoms with Crippen LogP contribution in [0.1, 0.15) is 29.8 Å². The van der Waals surface area contributed by atoms with E-state index >= 15 is 0 Å².